The van der Waals surface area contributed by atoms with E-state index in [4.69, 9.17) is 10.5 Å². The lowest BCUT2D eigenvalue weighted by molar-refractivity contribution is 0.386. The Kier molecular flexibility index (Phi) is 3.32. The predicted octanol–water partition coefficient (Wildman–Crippen LogP) is 2.86. The number of rotatable bonds is 3. The fourth-order valence-electron chi connectivity index (χ4n) is 1.50. The minimum absolute atomic E-state index is 0.205. The van der Waals surface area contributed by atoms with E-state index in [2.05, 4.69) is 10.3 Å². The van der Waals surface area contributed by atoms with Crippen LogP contribution in [-0.2, 0) is 0 Å². The van der Waals surface area contributed by atoms with E-state index in [0.717, 1.165) is 5.56 Å². The molecule has 2 aromatic rings. The average molecular weight is 247 g/mol. The first-order chi connectivity index (χ1) is 8.60. The van der Waals surface area contributed by atoms with Crippen LogP contribution in [0.2, 0.25) is 0 Å². The molecule has 0 atom stereocenters. The number of nitrogens with two attached hydrogens (primary N) is 1. The summed E-state index contributed by atoms with van der Waals surface area (Å²) in [5.74, 6) is 0.349. The second kappa shape index (κ2) is 4.91. The maximum atomic E-state index is 13.5. The Hall–Kier alpha value is -2.30. The van der Waals surface area contributed by atoms with E-state index in [1.807, 2.05) is 6.92 Å². The van der Waals surface area contributed by atoms with Crippen LogP contribution in [0.25, 0.3) is 0 Å². The average Bonchev–Trinajstić information content (AvgIpc) is 2.34. The number of ether oxygens (including phenoxy) is 1. The number of nitrogens with one attached hydrogen (secondary N) is 1. The van der Waals surface area contributed by atoms with Gasteiger partial charge in [-0.25, -0.2) is 9.37 Å². The summed E-state index contributed by atoms with van der Waals surface area (Å²) in [6, 6.07) is 6.31. The number of methoxy groups -OCH3 is 1. The van der Waals surface area contributed by atoms with E-state index in [9.17, 15) is 4.39 Å². The van der Waals surface area contributed by atoms with Gasteiger partial charge in [0.15, 0.2) is 11.6 Å². The molecule has 3 N–H and O–H groups in total. The molecule has 2 rings (SSSR count). The molecule has 4 nitrogen and oxygen atoms in total. The lowest BCUT2D eigenvalue weighted by Gasteiger charge is -2.09. The zero-order valence-electron chi connectivity index (χ0n) is 10.2. The predicted molar refractivity (Wildman–Crippen MR) is 69.6 cm³/mol. The van der Waals surface area contributed by atoms with E-state index >= 15 is 0 Å². The molecule has 1 heterocycles. The molecule has 18 heavy (non-hydrogen) atoms. The fourth-order valence-corrected chi connectivity index (χ4v) is 1.50. The molecule has 0 spiro atoms. The van der Waals surface area contributed by atoms with E-state index in [-0.39, 0.29) is 5.75 Å². The molecule has 0 aliphatic rings. The first kappa shape index (κ1) is 12.2. The topological polar surface area (TPSA) is 60.2 Å². The number of halogens is 1. The molecule has 1 aromatic carbocycles. The molecule has 0 radical (unpaired) electrons. The summed E-state index contributed by atoms with van der Waals surface area (Å²) in [7, 11) is 1.42. The van der Waals surface area contributed by atoms with Crippen LogP contribution in [0.1, 0.15) is 5.56 Å². The van der Waals surface area contributed by atoms with Crippen LogP contribution >= 0.6 is 0 Å². The van der Waals surface area contributed by atoms with Crippen molar-refractivity contribution in [3.05, 3.63) is 41.8 Å². The van der Waals surface area contributed by atoms with Crippen LogP contribution in [0.15, 0.2) is 30.5 Å². The molecule has 0 fully saturated rings. The fraction of sp³-hybridized carbons (Fsp3) is 0.154. The van der Waals surface area contributed by atoms with Gasteiger partial charge < -0.3 is 15.8 Å². The van der Waals surface area contributed by atoms with Gasteiger partial charge in [0.1, 0.15) is 5.82 Å². The molecule has 0 saturated heterocycles. The van der Waals surface area contributed by atoms with Gasteiger partial charge in [0.05, 0.1) is 7.11 Å². The van der Waals surface area contributed by atoms with Crippen molar-refractivity contribution in [2.75, 3.05) is 18.2 Å². The number of benzene rings is 1. The summed E-state index contributed by atoms with van der Waals surface area (Å²) >= 11 is 0. The summed E-state index contributed by atoms with van der Waals surface area (Å²) in [6.07, 6.45) is 1.66. The third kappa shape index (κ3) is 2.51. The third-order valence-electron chi connectivity index (χ3n) is 2.57. The molecule has 0 saturated carbocycles. The maximum absolute atomic E-state index is 13.5. The van der Waals surface area contributed by atoms with Crippen molar-refractivity contribution in [1.82, 2.24) is 4.98 Å². The van der Waals surface area contributed by atoms with E-state index in [0.29, 0.717) is 17.2 Å². The highest BCUT2D eigenvalue weighted by molar-refractivity contribution is 5.62. The van der Waals surface area contributed by atoms with Crippen molar-refractivity contribution in [3.8, 4) is 5.75 Å². The van der Waals surface area contributed by atoms with Crippen LogP contribution in [0.4, 0.5) is 21.6 Å². The number of hydrogen-bond donors (Lipinski definition) is 2. The number of nitrogen functional groups attached to an aromatic ring is 1. The standard InChI is InChI=1S/C13H14FN3O/c1-8-7-16-13(6-11(8)15)17-9-3-4-12(18-2)10(14)5-9/h3-7H,1-2H3,(H3,15,16,17). The zero-order valence-corrected chi connectivity index (χ0v) is 10.2. The molecule has 0 unspecified atom stereocenters. The molecule has 0 aliphatic heterocycles. The molecule has 94 valence electrons. The number of nitrogens with zero attached hydrogens (tertiary/aromatic N) is 1. The van der Waals surface area contributed by atoms with Crippen LogP contribution in [0, 0.1) is 12.7 Å². The molecule has 0 aliphatic carbocycles. The molecule has 0 bridgehead atoms. The van der Waals surface area contributed by atoms with Crippen molar-refractivity contribution >= 4 is 17.2 Å². The Morgan fingerprint density at radius 1 is 1.33 bits per heavy atom. The second-order valence-electron chi connectivity index (χ2n) is 3.90. The van der Waals surface area contributed by atoms with Crippen molar-refractivity contribution in [1.29, 1.82) is 0 Å². The SMILES string of the molecule is COc1ccc(Nc2cc(N)c(C)cn2)cc1F. The van der Waals surface area contributed by atoms with Crippen LogP contribution in [0.5, 0.6) is 5.75 Å². The minimum Gasteiger partial charge on any atom is -0.494 e. The van der Waals surface area contributed by atoms with E-state index < -0.39 is 5.82 Å². The third-order valence-corrected chi connectivity index (χ3v) is 2.57. The van der Waals surface area contributed by atoms with Gasteiger partial charge in [-0.1, -0.05) is 0 Å². The number of aryl methyl sites for hydroxylation is 1. The highest BCUT2D eigenvalue weighted by atomic mass is 19.1. The Balaban J connectivity index is 2.23. The van der Waals surface area contributed by atoms with Gasteiger partial charge in [-0.15, -0.1) is 0 Å². The first-order valence-electron chi connectivity index (χ1n) is 5.43. The zero-order chi connectivity index (χ0) is 13.1. The Morgan fingerprint density at radius 3 is 2.72 bits per heavy atom. The lowest BCUT2D eigenvalue weighted by atomic mass is 10.2. The van der Waals surface area contributed by atoms with E-state index in [1.165, 1.54) is 13.2 Å². The lowest BCUT2D eigenvalue weighted by Crippen LogP contribution is -1.98. The van der Waals surface area contributed by atoms with Crippen molar-refractivity contribution in [2.45, 2.75) is 6.92 Å². The highest BCUT2D eigenvalue weighted by Crippen LogP contribution is 2.23. The van der Waals surface area contributed by atoms with Gasteiger partial charge in [-0.05, 0) is 24.6 Å². The molecule has 1 aromatic heterocycles. The number of anilines is 3. The molecular weight excluding hydrogens is 233 g/mol. The molecular formula is C13H14FN3O. The van der Waals surface area contributed by atoms with Gasteiger partial charge in [0.2, 0.25) is 0 Å². The number of hydrogen-bond acceptors (Lipinski definition) is 4. The largest absolute Gasteiger partial charge is 0.494 e. The van der Waals surface area contributed by atoms with Crippen LogP contribution in [0.3, 0.4) is 0 Å². The highest BCUT2D eigenvalue weighted by Gasteiger charge is 2.04. The van der Waals surface area contributed by atoms with Gasteiger partial charge in [-0.3, -0.25) is 0 Å². The van der Waals surface area contributed by atoms with Crippen molar-refractivity contribution in [3.63, 3.8) is 0 Å². The second-order valence-corrected chi connectivity index (χ2v) is 3.90. The quantitative estimate of drug-likeness (QED) is 0.875. The van der Waals surface area contributed by atoms with Crippen molar-refractivity contribution in [2.24, 2.45) is 0 Å². The number of aromatic nitrogens is 1. The Bertz CT molecular complexity index is 572. The monoisotopic (exact) mass is 247 g/mol. The normalized spacial score (nSPS) is 10.2. The number of pyridine rings is 1. The molecule has 0 amide bonds. The Labute approximate surface area is 105 Å². The Morgan fingerprint density at radius 2 is 2.11 bits per heavy atom. The van der Waals surface area contributed by atoms with Crippen molar-refractivity contribution < 1.29 is 9.13 Å². The summed E-state index contributed by atoms with van der Waals surface area (Å²) in [4.78, 5) is 4.16. The first-order valence-corrected chi connectivity index (χ1v) is 5.43. The summed E-state index contributed by atoms with van der Waals surface area (Å²) in [5.41, 5.74) is 7.91. The maximum Gasteiger partial charge on any atom is 0.167 e. The van der Waals surface area contributed by atoms with Crippen LogP contribution in [-0.4, -0.2) is 12.1 Å². The smallest absolute Gasteiger partial charge is 0.167 e. The summed E-state index contributed by atoms with van der Waals surface area (Å²) in [5, 5.41) is 2.98. The summed E-state index contributed by atoms with van der Waals surface area (Å²) in [6.45, 7) is 1.87. The van der Waals surface area contributed by atoms with Gasteiger partial charge in [-0.2, -0.15) is 0 Å². The van der Waals surface area contributed by atoms with Crippen LogP contribution < -0.4 is 15.8 Å². The van der Waals surface area contributed by atoms with Gasteiger partial charge >= 0.3 is 0 Å². The molecule has 5 heteroatoms. The summed E-state index contributed by atoms with van der Waals surface area (Å²) < 4.78 is 18.3. The van der Waals surface area contributed by atoms with Gasteiger partial charge in [0, 0.05) is 29.7 Å². The minimum atomic E-state index is -0.428. The van der Waals surface area contributed by atoms with Gasteiger partial charge in [0.25, 0.3) is 0 Å². The van der Waals surface area contributed by atoms with E-state index in [1.54, 1.807) is 24.4 Å².